The molecule has 0 spiro atoms. The summed E-state index contributed by atoms with van der Waals surface area (Å²) in [6.45, 7) is 3.79. The predicted molar refractivity (Wildman–Crippen MR) is 77.4 cm³/mol. The van der Waals surface area contributed by atoms with Gasteiger partial charge in [-0.2, -0.15) is 4.31 Å². The molecule has 0 saturated carbocycles. The van der Waals surface area contributed by atoms with Gasteiger partial charge in [0.25, 0.3) is 0 Å². The highest BCUT2D eigenvalue weighted by Crippen LogP contribution is 2.19. The predicted octanol–water partition coefficient (Wildman–Crippen LogP) is 2.06. The summed E-state index contributed by atoms with van der Waals surface area (Å²) < 4.78 is 25.8. The maximum Gasteiger partial charge on any atom is 0.214 e. The van der Waals surface area contributed by atoms with Crippen molar-refractivity contribution in [2.24, 2.45) is 0 Å². The number of aromatic nitrogens is 1. The van der Waals surface area contributed by atoms with Gasteiger partial charge in [-0.1, -0.05) is 15.9 Å². The zero-order valence-corrected chi connectivity index (χ0v) is 13.3. The van der Waals surface area contributed by atoms with Crippen LogP contribution in [0.2, 0.25) is 0 Å². The molecule has 1 aromatic heterocycles. The quantitative estimate of drug-likeness (QED) is 0.748. The Balaban J connectivity index is 2.71. The lowest BCUT2D eigenvalue weighted by atomic mass is 10.1. The minimum atomic E-state index is -3.25. The van der Waals surface area contributed by atoms with Crippen molar-refractivity contribution in [3.63, 3.8) is 0 Å². The molecule has 18 heavy (non-hydrogen) atoms. The molecule has 102 valence electrons. The van der Waals surface area contributed by atoms with E-state index in [1.165, 1.54) is 4.31 Å². The molecule has 0 atom stereocenters. The summed E-state index contributed by atoms with van der Waals surface area (Å²) in [4.78, 5) is 3.91. The van der Waals surface area contributed by atoms with Crippen molar-refractivity contribution < 1.29 is 8.42 Å². The lowest BCUT2D eigenvalue weighted by Gasteiger charge is -2.33. The normalized spacial score (nSPS) is 12.9. The molecule has 6 heteroatoms. The van der Waals surface area contributed by atoms with Crippen molar-refractivity contribution >= 4 is 26.0 Å². The Kier molecular flexibility index (Phi) is 5.31. The molecule has 1 aromatic rings. The first kappa shape index (κ1) is 15.6. The number of pyridine rings is 1. The van der Waals surface area contributed by atoms with Gasteiger partial charge in [-0.3, -0.25) is 4.98 Å². The summed E-state index contributed by atoms with van der Waals surface area (Å²) in [6, 6.07) is 3.68. The third kappa shape index (κ3) is 4.03. The van der Waals surface area contributed by atoms with Crippen LogP contribution in [0.1, 0.15) is 19.4 Å². The first-order valence-corrected chi connectivity index (χ1v) is 8.44. The van der Waals surface area contributed by atoms with E-state index in [1.54, 1.807) is 19.4 Å². The zero-order valence-electron chi connectivity index (χ0n) is 10.9. The average Bonchev–Trinajstić information content (AvgIpc) is 2.37. The van der Waals surface area contributed by atoms with Gasteiger partial charge >= 0.3 is 0 Å². The van der Waals surface area contributed by atoms with Crippen molar-refractivity contribution in [1.29, 1.82) is 0 Å². The lowest BCUT2D eigenvalue weighted by Crippen LogP contribution is -2.47. The van der Waals surface area contributed by atoms with E-state index < -0.39 is 15.6 Å². The van der Waals surface area contributed by atoms with E-state index in [0.717, 1.165) is 5.56 Å². The molecule has 0 aliphatic rings. The number of alkyl halides is 1. The Hall–Kier alpha value is -0.460. The molecular formula is C12H19BrN2O2S. The van der Waals surface area contributed by atoms with Crippen LogP contribution in [-0.2, 0) is 16.4 Å². The third-order valence-electron chi connectivity index (χ3n) is 2.99. The molecule has 0 aliphatic carbocycles. The van der Waals surface area contributed by atoms with Crippen LogP contribution < -0.4 is 0 Å². The van der Waals surface area contributed by atoms with E-state index in [4.69, 9.17) is 0 Å². The summed E-state index contributed by atoms with van der Waals surface area (Å²) in [6.07, 6.45) is 3.86. The number of aryl methyl sites for hydroxylation is 1. The first-order valence-electron chi connectivity index (χ1n) is 5.71. The maximum atomic E-state index is 12.2. The molecule has 0 fully saturated rings. The topological polar surface area (TPSA) is 50.3 Å². The summed E-state index contributed by atoms with van der Waals surface area (Å²) in [7, 11) is -1.62. The summed E-state index contributed by atoms with van der Waals surface area (Å²) in [5, 5.41) is 0.602. The van der Waals surface area contributed by atoms with Crippen LogP contribution in [0.4, 0.5) is 0 Å². The smallest absolute Gasteiger partial charge is 0.214 e. The van der Waals surface area contributed by atoms with Crippen molar-refractivity contribution in [2.75, 3.05) is 18.1 Å². The maximum absolute atomic E-state index is 12.2. The molecule has 0 unspecified atom stereocenters. The SMILES string of the molecule is CN(C(C)(C)CBr)S(=O)(=O)CCc1ccncc1. The molecule has 0 saturated heterocycles. The fourth-order valence-electron chi connectivity index (χ4n) is 1.39. The molecule has 0 radical (unpaired) electrons. The fraction of sp³-hybridized carbons (Fsp3) is 0.583. The monoisotopic (exact) mass is 334 g/mol. The van der Waals surface area contributed by atoms with E-state index in [-0.39, 0.29) is 5.75 Å². The minimum absolute atomic E-state index is 0.115. The number of hydrogen-bond acceptors (Lipinski definition) is 3. The lowest BCUT2D eigenvalue weighted by molar-refractivity contribution is 0.299. The van der Waals surface area contributed by atoms with Gasteiger partial charge in [0.15, 0.2) is 0 Å². The van der Waals surface area contributed by atoms with Gasteiger partial charge in [-0.05, 0) is 38.0 Å². The molecular weight excluding hydrogens is 316 g/mol. The number of nitrogens with zero attached hydrogens (tertiary/aromatic N) is 2. The van der Waals surface area contributed by atoms with Gasteiger partial charge in [0, 0.05) is 30.3 Å². The van der Waals surface area contributed by atoms with Crippen molar-refractivity contribution in [3.8, 4) is 0 Å². The van der Waals surface area contributed by atoms with E-state index in [0.29, 0.717) is 11.8 Å². The first-order chi connectivity index (χ1) is 8.29. The summed E-state index contributed by atoms with van der Waals surface area (Å²) in [5.74, 6) is 0.115. The number of hydrogen-bond donors (Lipinski definition) is 0. The van der Waals surface area contributed by atoms with Crippen LogP contribution >= 0.6 is 15.9 Å². The van der Waals surface area contributed by atoms with Crippen LogP contribution in [0.3, 0.4) is 0 Å². The van der Waals surface area contributed by atoms with E-state index in [9.17, 15) is 8.42 Å². The largest absolute Gasteiger partial charge is 0.265 e. The molecule has 0 amide bonds. The van der Waals surface area contributed by atoms with Gasteiger partial charge < -0.3 is 0 Å². The van der Waals surface area contributed by atoms with E-state index in [1.807, 2.05) is 26.0 Å². The summed E-state index contributed by atoms with van der Waals surface area (Å²) >= 11 is 3.35. The van der Waals surface area contributed by atoms with E-state index in [2.05, 4.69) is 20.9 Å². The van der Waals surface area contributed by atoms with Crippen molar-refractivity contribution in [1.82, 2.24) is 9.29 Å². The molecule has 1 heterocycles. The second-order valence-corrected chi connectivity index (χ2v) is 7.52. The Morgan fingerprint density at radius 1 is 1.33 bits per heavy atom. The van der Waals surface area contributed by atoms with Gasteiger partial charge in [-0.25, -0.2) is 8.42 Å². The van der Waals surface area contributed by atoms with Crippen LogP contribution in [0.25, 0.3) is 0 Å². The Labute approximate surface area is 118 Å². The second-order valence-electron chi connectivity index (χ2n) is 4.84. The Morgan fingerprint density at radius 3 is 2.39 bits per heavy atom. The van der Waals surface area contributed by atoms with Crippen LogP contribution in [0.15, 0.2) is 24.5 Å². The number of sulfonamides is 1. The molecule has 0 bridgehead atoms. The van der Waals surface area contributed by atoms with Crippen LogP contribution in [0.5, 0.6) is 0 Å². The Morgan fingerprint density at radius 2 is 1.89 bits per heavy atom. The van der Waals surface area contributed by atoms with E-state index >= 15 is 0 Å². The van der Waals surface area contributed by atoms with Crippen LogP contribution in [-0.4, -0.2) is 41.4 Å². The molecule has 0 N–H and O–H groups in total. The van der Waals surface area contributed by atoms with Gasteiger partial charge in [0.1, 0.15) is 0 Å². The second kappa shape index (κ2) is 6.12. The van der Waals surface area contributed by atoms with Gasteiger partial charge in [0.05, 0.1) is 5.75 Å². The average molecular weight is 335 g/mol. The van der Waals surface area contributed by atoms with Gasteiger partial charge in [-0.15, -0.1) is 0 Å². The molecule has 0 aromatic carbocycles. The minimum Gasteiger partial charge on any atom is -0.265 e. The van der Waals surface area contributed by atoms with Crippen LogP contribution in [0, 0.1) is 0 Å². The Bertz CT molecular complexity index is 474. The highest BCUT2D eigenvalue weighted by Gasteiger charge is 2.31. The fourth-order valence-corrected chi connectivity index (χ4v) is 3.52. The molecule has 4 nitrogen and oxygen atoms in total. The zero-order chi connectivity index (χ0) is 13.8. The summed E-state index contributed by atoms with van der Waals surface area (Å²) in [5.41, 5.74) is 0.565. The van der Waals surface area contributed by atoms with Crippen molar-refractivity contribution in [2.45, 2.75) is 25.8 Å². The highest BCUT2D eigenvalue weighted by molar-refractivity contribution is 9.09. The van der Waals surface area contributed by atoms with Crippen molar-refractivity contribution in [3.05, 3.63) is 30.1 Å². The standard InChI is InChI=1S/C12H19BrN2O2S/c1-12(2,10-13)15(3)18(16,17)9-6-11-4-7-14-8-5-11/h4-5,7-8H,6,9-10H2,1-3H3. The number of rotatable bonds is 6. The third-order valence-corrected chi connectivity index (χ3v) is 6.42. The molecule has 0 aliphatic heterocycles. The molecule has 1 rings (SSSR count). The number of halogens is 1. The van der Waals surface area contributed by atoms with Gasteiger partial charge in [0.2, 0.25) is 10.0 Å². The highest BCUT2D eigenvalue weighted by atomic mass is 79.9.